The molecular formula is C21H32N2O4. The van der Waals surface area contributed by atoms with Gasteiger partial charge in [-0.3, -0.25) is 9.69 Å². The first-order valence-corrected chi connectivity index (χ1v) is 9.56. The summed E-state index contributed by atoms with van der Waals surface area (Å²) in [7, 11) is 1.61. The Morgan fingerprint density at radius 2 is 2.04 bits per heavy atom. The normalized spacial score (nSPS) is 15.7. The van der Waals surface area contributed by atoms with Crippen molar-refractivity contribution in [3.63, 3.8) is 0 Å². The molecule has 1 aromatic rings. The largest absolute Gasteiger partial charge is 0.493 e. The van der Waals surface area contributed by atoms with Crippen LogP contribution in [0.5, 0.6) is 11.5 Å². The predicted octanol–water partition coefficient (Wildman–Crippen LogP) is 2.72. The van der Waals surface area contributed by atoms with E-state index in [0.717, 1.165) is 38.3 Å². The van der Waals surface area contributed by atoms with Crippen molar-refractivity contribution in [2.75, 3.05) is 46.6 Å². The standard InChI is InChI=1S/C21H32N2O4/c1-5-12-27-18-8-6-17(15-19(18)25-4)7-9-20(24)22-16-21(2,3)23-10-13-26-14-11-23/h6-9,15H,5,10-14,16H2,1-4H3,(H,22,24)/b9-7+. The first kappa shape index (κ1) is 21.3. The van der Waals surface area contributed by atoms with Gasteiger partial charge in [0.2, 0.25) is 5.91 Å². The van der Waals surface area contributed by atoms with Gasteiger partial charge < -0.3 is 19.5 Å². The van der Waals surface area contributed by atoms with Crippen LogP contribution in [0, 0.1) is 0 Å². The predicted molar refractivity (Wildman–Crippen MR) is 107 cm³/mol. The van der Waals surface area contributed by atoms with Gasteiger partial charge in [-0.1, -0.05) is 13.0 Å². The topological polar surface area (TPSA) is 60.0 Å². The molecule has 6 heteroatoms. The van der Waals surface area contributed by atoms with Gasteiger partial charge >= 0.3 is 0 Å². The van der Waals surface area contributed by atoms with Crippen LogP contribution in [0.15, 0.2) is 24.3 Å². The van der Waals surface area contributed by atoms with Gasteiger partial charge in [0.25, 0.3) is 0 Å². The maximum absolute atomic E-state index is 12.2. The van der Waals surface area contributed by atoms with Crippen LogP contribution in [-0.2, 0) is 9.53 Å². The summed E-state index contributed by atoms with van der Waals surface area (Å²) in [6, 6.07) is 5.65. The van der Waals surface area contributed by atoms with Crippen LogP contribution >= 0.6 is 0 Å². The Balaban J connectivity index is 1.90. The third-order valence-electron chi connectivity index (χ3n) is 4.64. The molecular weight excluding hydrogens is 344 g/mol. The summed E-state index contributed by atoms with van der Waals surface area (Å²) in [5.74, 6) is 1.27. The maximum atomic E-state index is 12.2. The highest BCUT2D eigenvalue weighted by Crippen LogP contribution is 2.28. The van der Waals surface area contributed by atoms with E-state index in [4.69, 9.17) is 14.2 Å². The van der Waals surface area contributed by atoms with Crippen LogP contribution in [0.1, 0.15) is 32.8 Å². The van der Waals surface area contributed by atoms with Crippen molar-refractivity contribution in [3.8, 4) is 11.5 Å². The molecule has 150 valence electrons. The van der Waals surface area contributed by atoms with Crippen LogP contribution in [0.4, 0.5) is 0 Å². The summed E-state index contributed by atoms with van der Waals surface area (Å²) in [6.45, 7) is 10.9. The second-order valence-electron chi connectivity index (χ2n) is 7.22. The molecule has 1 aliphatic heterocycles. The fourth-order valence-corrected chi connectivity index (χ4v) is 2.93. The summed E-state index contributed by atoms with van der Waals surface area (Å²) >= 11 is 0. The van der Waals surface area contributed by atoms with Gasteiger partial charge in [0.15, 0.2) is 11.5 Å². The van der Waals surface area contributed by atoms with Crippen molar-refractivity contribution in [2.45, 2.75) is 32.7 Å². The average Bonchev–Trinajstić information content (AvgIpc) is 2.70. The minimum atomic E-state index is -0.110. The summed E-state index contributed by atoms with van der Waals surface area (Å²) < 4.78 is 16.4. The van der Waals surface area contributed by atoms with Gasteiger partial charge in [-0.05, 0) is 44.0 Å². The van der Waals surface area contributed by atoms with E-state index in [0.29, 0.717) is 24.7 Å². The lowest BCUT2D eigenvalue weighted by molar-refractivity contribution is -0.117. The van der Waals surface area contributed by atoms with Crippen molar-refractivity contribution in [3.05, 3.63) is 29.8 Å². The van der Waals surface area contributed by atoms with Crippen molar-refractivity contribution in [1.29, 1.82) is 0 Å². The van der Waals surface area contributed by atoms with Gasteiger partial charge in [-0.2, -0.15) is 0 Å². The molecule has 1 fully saturated rings. The van der Waals surface area contributed by atoms with Crippen molar-refractivity contribution in [2.24, 2.45) is 0 Å². The van der Waals surface area contributed by atoms with E-state index in [1.165, 1.54) is 0 Å². The molecule has 0 saturated carbocycles. The molecule has 0 radical (unpaired) electrons. The Labute approximate surface area is 162 Å². The molecule has 0 bridgehead atoms. The molecule has 27 heavy (non-hydrogen) atoms. The van der Waals surface area contributed by atoms with Gasteiger partial charge in [-0.25, -0.2) is 0 Å². The Morgan fingerprint density at radius 1 is 1.30 bits per heavy atom. The maximum Gasteiger partial charge on any atom is 0.244 e. The first-order valence-electron chi connectivity index (χ1n) is 9.56. The quantitative estimate of drug-likeness (QED) is 0.672. The number of nitrogens with one attached hydrogen (secondary N) is 1. The lowest BCUT2D eigenvalue weighted by atomic mass is 10.0. The molecule has 0 aromatic heterocycles. The molecule has 1 heterocycles. The lowest BCUT2D eigenvalue weighted by Crippen LogP contribution is -2.55. The average molecular weight is 376 g/mol. The molecule has 1 amide bonds. The molecule has 0 atom stereocenters. The zero-order chi connectivity index (χ0) is 19.7. The van der Waals surface area contributed by atoms with E-state index in [1.54, 1.807) is 19.3 Å². The second kappa shape index (κ2) is 10.3. The molecule has 0 unspecified atom stereocenters. The number of carbonyl (C=O) groups is 1. The number of carbonyl (C=O) groups excluding carboxylic acids is 1. The fourth-order valence-electron chi connectivity index (χ4n) is 2.93. The molecule has 0 spiro atoms. The molecule has 2 rings (SSSR count). The highest BCUT2D eigenvalue weighted by atomic mass is 16.5. The Hall–Kier alpha value is -2.05. The minimum Gasteiger partial charge on any atom is -0.493 e. The van der Waals surface area contributed by atoms with E-state index in [2.05, 4.69) is 31.0 Å². The number of methoxy groups -OCH3 is 1. The number of morpholine rings is 1. The van der Waals surface area contributed by atoms with E-state index >= 15 is 0 Å². The van der Waals surface area contributed by atoms with Crippen molar-refractivity contribution < 1.29 is 19.0 Å². The van der Waals surface area contributed by atoms with E-state index < -0.39 is 0 Å². The Bertz CT molecular complexity index is 637. The molecule has 1 aliphatic rings. The fraction of sp³-hybridized carbons (Fsp3) is 0.571. The summed E-state index contributed by atoms with van der Waals surface area (Å²) in [6.07, 6.45) is 4.27. The highest BCUT2D eigenvalue weighted by Gasteiger charge is 2.28. The van der Waals surface area contributed by atoms with Gasteiger partial charge in [-0.15, -0.1) is 0 Å². The molecule has 1 aromatic carbocycles. The lowest BCUT2D eigenvalue weighted by Gasteiger charge is -2.40. The number of ether oxygens (including phenoxy) is 3. The zero-order valence-electron chi connectivity index (χ0n) is 16.9. The molecule has 1 N–H and O–H groups in total. The van der Waals surface area contributed by atoms with Crippen LogP contribution < -0.4 is 14.8 Å². The minimum absolute atomic E-state index is 0.102. The molecule has 6 nitrogen and oxygen atoms in total. The highest BCUT2D eigenvalue weighted by molar-refractivity contribution is 5.91. The third-order valence-corrected chi connectivity index (χ3v) is 4.64. The number of hydrogen-bond donors (Lipinski definition) is 1. The van der Waals surface area contributed by atoms with Crippen LogP contribution in [0.25, 0.3) is 6.08 Å². The van der Waals surface area contributed by atoms with Crippen molar-refractivity contribution >= 4 is 12.0 Å². The zero-order valence-corrected chi connectivity index (χ0v) is 16.9. The smallest absolute Gasteiger partial charge is 0.244 e. The third kappa shape index (κ3) is 6.56. The second-order valence-corrected chi connectivity index (χ2v) is 7.22. The Morgan fingerprint density at radius 3 is 2.70 bits per heavy atom. The van der Waals surface area contributed by atoms with Gasteiger partial charge in [0, 0.05) is 31.2 Å². The summed E-state index contributed by atoms with van der Waals surface area (Å²) in [4.78, 5) is 14.6. The number of nitrogens with zero attached hydrogens (tertiary/aromatic N) is 1. The number of benzene rings is 1. The summed E-state index contributed by atoms with van der Waals surface area (Å²) in [5.41, 5.74) is 0.785. The number of hydrogen-bond acceptors (Lipinski definition) is 5. The van der Waals surface area contributed by atoms with Crippen LogP contribution in [0.2, 0.25) is 0 Å². The van der Waals surface area contributed by atoms with Crippen LogP contribution in [0.3, 0.4) is 0 Å². The van der Waals surface area contributed by atoms with Gasteiger partial charge in [0.1, 0.15) is 0 Å². The van der Waals surface area contributed by atoms with E-state index in [9.17, 15) is 4.79 Å². The number of amides is 1. The number of rotatable bonds is 9. The van der Waals surface area contributed by atoms with Gasteiger partial charge in [0.05, 0.1) is 26.9 Å². The van der Waals surface area contributed by atoms with E-state index in [1.807, 2.05) is 18.2 Å². The summed E-state index contributed by atoms with van der Waals surface area (Å²) in [5, 5.41) is 2.99. The molecule has 1 saturated heterocycles. The Kier molecular flexibility index (Phi) is 8.13. The van der Waals surface area contributed by atoms with Crippen molar-refractivity contribution in [1.82, 2.24) is 10.2 Å². The SMILES string of the molecule is CCCOc1ccc(/C=C/C(=O)NCC(C)(C)N2CCOCC2)cc1OC. The first-order chi connectivity index (χ1) is 13.0. The van der Waals surface area contributed by atoms with Crippen LogP contribution in [-0.4, -0.2) is 62.9 Å². The molecule has 0 aliphatic carbocycles. The monoisotopic (exact) mass is 376 g/mol. The van der Waals surface area contributed by atoms with E-state index in [-0.39, 0.29) is 11.4 Å².